The molecule has 0 radical (unpaired) electrons. The van der Waals surface area contributed by atoms with Crippen LogP contribution < -0.4 is 10.6 Å². The number of carbonyl (C=O) groups is 1. The second kappa shape index (κ2) is 5.15. The van der Waals surface area contributed by atoms with Crippen molar-refractivity contribution in [3.05, 3.63) is 27.4 Å². The van der Waals surface area contributed by atoms with Crippen molar-refractivity contribution < 1.29 is 9.18 Å². The van der Waals surface area contributed by atoms with Crippen molar-refractivity contribution in [2.75, 3.05) is 18.4 Å². The molecule has 0 bridgehead atoms. The Hall–Kier alpha value is -0.650. The first-order valence-electron chi connectivity index (χ1n) is 5.59. The summed E-state index contributed by atoms with van der Waals surface area (Å²) in [4.78, 5) is 12.2. The van der Waals surface area contributed by atoms with Gasteiger partial charge in [0.1, 0.15) is 5.82 Å². The number of hydrogen-bond acceptors (Lipinski definition) is 2. The van der Waals surface area contributed by atoms with Crippen molar-refractivity contribution in [2.45, 2.75) is 13.3 Å². The number of carbonyl (C=O) groups excluding carboxylic acids is 1. The van der Waals surface area contributed by atoms with Crippen molar-refractivity contribution in [1.29, 1.82) is 0 Å². The van der Waals surface area contributed by atoms with Crippen LogP contribution >= 0.6 is 27.5 Å². The molecule has 1 aliphatic heterocycles. The highest BCUT2D eigenvalue weighted by Crippen LogP contribution is 2.34. The van der Waals surface area contributed by atoms with Crippen LogP contribution in [-0.2, 0) is 4.79 Å². The first-order chi connectivity index (χ1) is 8.42. The van der Waals surface area contributed by atoms with Gasteiger partial charge in [-0.2, -0.15) is 0 Å². The third-order valence-corrected chi connectivity index (χ3v) is 4.09. The molecule has 1 aliphatic rings. The van der Waals surface area contributed by atoms with Crippen LogP contribution in [0.25, 0.3) is 0 Å². The van der Waals surface area contributed by atoms with Crippen LogP contribution in [0.4, 0.5) is 10.1 Å². The van der Waals surface area contributed by atoms with Crippen molar-refractivity contribution in [3.8, 4) is 0 Å². The minimum atomic E-state index is -0.447. The highest BCUT2D eigenvalue weighted by molar-refractivity contribution is 9.10. The summed E-state index contributed by atoms with van der Waals surface area (Å²) in [6, 6.07) is 2.45. The largest absolute Gasteiger partial charge is 0.323 e. The molecule has 1 heterocycles. The molecule has 6 heteroatoms. The Balaban J connectivity index is 2.22. The molecular formula is C12H13BrClFN2O. The molecule has 98 valence electrons. The molecule has 2 N–H and O–H groups in total. The zero-order valence-corrected chi connectivity index (χ0v) is 12.2. The van der Waals surface area contributed by atoms with Gasteiger partial charge in [-0.1, -0.05) is 11.6 Å². The molecule has 1 saturated heterocycles. The summed E-state index contributed by atoms with van der Waals surface area (Å²) in [6.07, 6.45) is 0.773. The van der Waals surface area contributed by atoms with Crippen LogP contribution in [0.3, 0.4) is 0 Å². The maximum Gasteiger partial charge on any atom is 0.231 e. The third kappa shape index (κ3) is 2.68. The zero-order valence-electron chi connectivity index (χ0n) is 9.82. The fourth-order valence-electron chi connectivity index (χ4n) is 1.94. The molecule has 1 fully saturated rings. The van der Waals surface area contributed by atoms with E-state index >= 15 is 0 Å². The second-order valence-electron chi connectivity index (χ2n) is 4.69. The molecule has 0 aliphatic carbocycles. The molecule has 1 aromatic carbocycles. The SMILES string of the molecule is CC1(C(=O)Nc2c(Cl)cc(F)cc2Br)CCNC1. The number of hydrogen-bond donors (Lipinski definition) is 2. The Labute approximate surface area is 118 Å². The van der Waals surface area contributed by atoms with Gasteiger partial charge in [-0.05, 0) is 48.0 Å². The number of amides is 1. The summed E-state index contributed by atoms with van der Waals surface area (Å²) >= 11 is 9.13. The Morgan fingerprint density at radius 3 is 2.89 bits per heavy atom. The predicted molar refractivity (Wildman–Crippen MR) is 73.3 cm³/mol. The number of anilines is 1. The van der Waals surface area contributed by atoms with Crippen LogP contribution in [-0.4, -0.2) is 19.0 Å². The molecule has 1 amide bonds. The van der Waals surface area contributed by atoms with Gasteiger partial charge < -0.3 is 10.6 Å². The highest BCUT2D eigenvalue weighted by Gasteiger charge is 2.36. The molecule has 18 heavy (non-hydrogen) atoms. The van der Waals surface area contributed by atoms with E-state index in [1.54, 1.807) is 0 Å². The topological polar surface area (TPSA) is 41.1 Å². The van der Waals surface area contributed by atoms with Gasteiger partial charge in [0.15, 0.2) is 0 Å². The van der Waals surface area contributed by atoms with E-state index in [4.69, 9.17) is 11.6 Å². The van der Waals surface area contributed by atoms with Gasteiger partial charge in [-0.25, -0.2) is 4.39 Å². The smallest absolute Gasteiger partial charge is 0.231 e. The van der Waals surface area contributed by atoms with E-state index in [0.29, 0.717) is 16.7 Å². The van der Waals surface area contributed by atoms with Crippen LogP contribution in [0.1, 0.15) is 13.3 Å². The highest BCUT2D eigenvalue weighted by atomic mass is 79.9. The van der Waals surface area contributed by atoms with Crippen LogP contribution in [0.2, 0.25) is 5.02 Å². The summed E-state index contributed by atoms with van der Waals surface area (Å²) in [5.41, 5.74) is -0.0341. The van der Waals surface area contributed by atoms with Gasteiger partial charge in [0.25, 0.3) is 0 Å². The average molecular weight is 336 g/mol. The Kier molecular flexibility index (Phi) is 3.94. The number of rotatable bonds is 2. The van der Waals surface area contributed by atoms with Gasteiger partial charge >= 0.3 is 0 Å². The van der Waals surface area contributed by atoms with Crippen LogP contribution in [0.15, 0.2) is 16.6 Å². The molecule has 0 saturated carbocycles. The molecule has 0 aromatic heterocycles. The lowest BCUT2D eigenvalue weighted by molar-refractivity contribution is -0.123. The summed E-state index contributed by atoms with van der Waals surface area (Å²) in [5.74, 6) is -0.555. The van der Waals surface area contributed by atoms with Gasteiger partial charge in [0.2, 0.25) is 5.91 Å². The molecule has 2 rings (SSSR count). The van der Waals surface area contributed by atoms with Gasteiger partial charge in [0, 0.05) is 11.0 Å². The summed E-state index contributed by atoms with van der Waals surface area (Å²) < 4.78 is 13.5. The second-order valence-corrected chi connectivity index (χ2v) is 5.95. The monoisotopic (exact) mass is 334 g/mol. The minimum Gasteiger partial charge on any atom is -0.323 e. The lowest BCUT2D eigenvalue weighted by Gasteiger charge is -2.22. The van der Waals surface area contributed by atoms with Gasteiger partial charge in [-0.3, -0.25) is 4.79 Å². The van der Waals surface area contributed by atoms with Crippen molar-refractivity contribution in [1.82, 2.24) is 5.32 Å². The summed E-state index contributed by atoms with van der Waals surface area (Å²) in [5, 5.41) is 6.10. The van der Waals surface area contributed by atoms with Crippen molar-refractivity contribution in [3.63, 3.8) is 0 Å². The first-order valence-corrected chi connectivity index (χ1v) is 6.76. The van der Waals surface area contributed by atoms with Crippen LogP contribution in [0, 0.1) is 11.2 Å². The fraction of sp³-hybridized carbons (Fsp3) is 0.417. The molecule has 1 unspecified atom stereocenters. The fourth-order valence-corrected chi connectivity index (χ4v) is 2.84. The van der Waals surface area contributed by atoms with E-state index in [1.807, 2.05) is 6.92 Å². The zero-order chi connectivity index (χ0) is 13.3. The Morgan fingerprint density at radius 1 is 1.61 bits per heavy atom. The molecule has 1 atom stereocenters. The summed E-state index contributed by atoms with van der Waals surface area (Å²) in [6.45, 7) is 3.35. The van der Waals surface area contributed by atoms with Gasteiger partial charge in [-0.15, -0.1) is 0 Å². The summed E-state index contributed by atoms with van der Waals surface area (Å²) in [7, 11) is 0. The Bertz CT molecular complexity index is 466. The first kappa shape index (κ1) is 13.8. The van der Waals surface area contributed by atoms with Crippen molar-refractivity contribution in [2.24, 2.45) is 5.41 Å². The number of halogens is 3. The lowest BCUT2D eigenvalue weighted by atomic mass is 9.89. The van der Waals surface area contributed by atoms with E-state index in [2.05, 4.69) is 26.6 Å². The van der Waals surface area contributed by atoms with Gasteiger partial charge in [0.05, 0.1) is 16.1 Å². The maximum atomic E-state index is 13.1. The number of benzene rings is 1. The normalized spacial score (nSPS) is 23.1. The molecule has 3 nitrogen and oxygen atoms in total. The van der Waals surface area contributed by atoms with E-state index in [9.17, 15) is 9.18 Å². The molecule has 0 spiro atoms. The van der Waals surface area contributed by atoms with E-state index in [1.165, 1.54) is 12.1 Å². The quantitative estimate of drug-likeness (QED) is 0.871. The lowest BCUT2D eigenvalue weighted by Crippen LogP contribution is -2.35. The standard InChI is InChI=1S/C12H13BrClFN2O/c1-12(2-3-16-6-12)11(18)17-10-8(13)4-7(15)5-9(10)14/h4-5,16H,2-3,6H2,1H3,(H,17,18). The average Bonchev–Trinajstić information content (AvgIpc) is 2.71. The van der Waals surface area contributed by atoms with E-state index < -0.39 is 11.2 Å². The van der Waals surface area contributed by atoms with Crippen LogP contribution in [0.5, 0.6) is 0 Å². The number of nitrogens with one attached hydrogen (secondary N) is 2. The molecular weight excluding hydrogens is 323 g/mol. The minimum absolute atomic E-state index is 0.110. The third-order valence-electron chi connectivity index (χ3n) is 3.16. The molecule has 1 aromatic rings. The predicted octanol–water partition coefficient (Wildman–Crippen LogP) is 3.18. The van der Waals surface area contributed by atoms with Crippen molar-refractivity contribution >= 4 is 39.1 Å². The Morgan fingerprint density at radius 2 is 2.33 bits per heavy atom. The van der Waals surface area contributed by atoms with E-state index in [0.717, 1.165) is 13.0 Å². The van der Waals surface area contributed by atoms with E-state index in [-0.39, 0.29) is 10.9 Å². The maximum absolute atomic E-state index is 13.1.